The van der Waals surface area contributed by atoms with Gasteiger partial charge in [0.25, 0.3) is 5.91 Å². The predicted molar refractivity (Wildman–Crippen MR) is 52.8 cm³/mol. The Balaban J connectivity index is 2.44. The Kier molecular flexibility index (Phi) is 4.15. The molecule has 0 aliphatic rings. The molecule has 0 aliphatic heterocycles. The highest BCUT2D eigenvalue weighted by Crippen LogP contribution is 2.10. The molecule has 1 aromatic carbocycles. The molecule has 0 saturated heterocycles. The third-order valence-electron chi connectivity index (χ3n) is 1.59. The number of azo groups is 1. The summed E-state index contributed by atoms with van der Waals surface area (Å²) in [5.41, 5.74) is 0.571. The molecule has 5 heteroatoms. The Morgan fingerprint density at radius 2 is 1.80 bits per heavy atom. The minimum absolute atomic E-state index is 0.119. The van der Waals surface area contributed by atoms with E-state index in [-0.39, 0.29) is 12.8 Å². The van der Waals surface area contributed by atoms with E-state index in [1.54, 1.807) is 24.3 Å². The molecule has 0 bridgehead atoms. The molecule has 0 aromatic heterocycles. The summed E-state index contributed by atoms with van der Waals surface area (Å²) in [6.07, 6.45) is -0.335. The molecule has 1 N–H and O–H groups in total. The van der Waals surface area contributed by atoms with Gasteiger partial charge in [-0.15, -0.1) is 10.2 Å². The Labute approximate surface area is 86.5 Å². The van der Waals surface area contributed by atoms with Gasteiger partial charge in [0.05, 0.1) is 12.1 Å². The van der Waals surface area contributed by atoms with Gasteiger partial charge in [0.1, 0.15) is 0 Å². The van der Waals surface area contributed by atoms with E-state index in [9.17, 15) is 9.59 Å². The Morgan fingerprint density at radius 1 is 1.13 bits per heavy atom. The highest BCUT2D eigenvalue weighted by Gasteiger charge is 2.03. The van der Waals surface area contributed by atoms with Gasteiger partial charge in [-0.2, -0.15) is 0 Å². The summed E-state index contributed by atoms with van der Waals surface area (Å²) in [7, 11) is 0. The van der Waals surface area contributed by atoms with Gasteiger partial charge in [-0.05, 0) is 12.1 Å². The van der Waals surface area contributed by atoms with Crippen LogP contribution in [0.2, 0.25) is 0 Å². The zero-order valence-corrected chi connectivity index (χ0v) is 7.96. The number of hydrogen-bond acceptors (Lipinski definition) is 3. The lowest BCUT2D eigenvalue weighted by atomic mass is 10.3. The third kappa shape index (κ3) is 4.66. The van der Waals surface area contributed by atoms with Crippen LogP contribution in [0.5, 0.6) is 0 Å². The van der Waals surface area contributed by atoms with Crippen molar-refractivity contribution in [2.24, 2.45) is 10.2 Å². The van der Waals surface area contributed by atoms with Crippen LogP contribution in [0.15, 0.2) is 40.6 Å². The first-order chi connectivity index (χ1) is 7.18. The SMILES string of the molecule is O=C(O)CCC(=O)N=Nc1ccccc1. The highest BCUT2D eigenvalue weighted by atomic mass is 16.4. The van der Waals surface area contributed by atoms with Crippen molar-refractivity contribution in [2.45, 2.75) is 12.8 Å². The number of carbonyl (C=O) groups is 2. The number of carbonyl (C=O) groups excluding carboxylic acids is 1. The molecule has 5 nitrogen and oxygen atoms in total. The summed E-state index contributed by atoms with van der Waals surface area (Å²) in [4.78, 5) is 21.2. The molecule has 0 radical (unpaired) electrons. The van der Waals surface area contributed by atoms with Crippen LogP contribution in [0.1, 0.15) is 12.8 Å². The number of carboxylic acid groups (broad SMARTS) is 1. The fraction of sp³-hybridized carbons (Fsp3) is 0.200. The van der Waals surface area contributed by atoms with E-state index in [0.29, 0.717) is 5.69 Å². The van der Waals surface area contributed by atoms with Crippen molar-refractivity contribution >= 4 is 17.6 Å². The second-order valence-electron chi connectivity index (χ2n) is 2.82. The van der Waals surface area contributed by atoms with Crippen LogP contribution < -0.4 is 0 Å². The maximum atomic E-state index is 11.0. The average molecular weight is 206 g/mol. The number of nitrogens with zero attached hydrogens (tertiary/aromatic N) is 2. The number of rotatable bonds is 4. The van der Waals surface area contributed by atoms with Gasteiger partial charge >= 0.3 is 5.97 Å². The molecule has 0 aliphatic carbocycles. The summed E-state index contributed by atoms with van der Waals surface area (Å²) in [6.45, 7) is 0. The fourth-order valence-electron chi connectivity index (χ4n) is 0.872. The Bertz CT molecular complexity index is 374. The van der Waals surface area contributed by atoms with Crippen LogP contribution in [0.25, 0.3) is 0 Å². The minimum atomic E-state index is -1.02. The van der Waals surface area contributed by atoms with E-state index >= 15 is 0 Å². The van der Waals surface area contributed by atoms with Crippen LogP contribution >= 0.6 is 0 Å². The van der Waals surface area contributed by atoms with Crippen molar-refractivity contribution in [3.05, 3.63) is 30.3 Å². The molecule has 15 heavy (non-hydrogen) atoms. The first-order valence-electron chi connectivity index (χ1n) is 4.40. The zero-order valence-electron chi connectivity index (χ0n) is 7.96. The van der Waals surface area contributed by atoms with Crippen LogP contribution in [0.3, 0.4) is 0 Å². The van der Waals surface area contributed by atoms with Gasteiger partial charge in [-0.25, -0.2) is 0 Å². The van der Waals surface area contributed by atoms with Crippen LogP contribution in [-0.4, -0.2) is 17.0 Å². The van der Waals surface area contributed by atoms with E-state index in [4.69, 9.17) is 5.11 Å². The standard InChI is InChI=1S/C10H10N2O3/c13-9(6-7-10(14)15)12-11-8-4-2-1-3-5-8/h1-5H,6-7H2,(H,14,15). The van der Waals surface area contributed by atoms with Crippen molar-refractivity contribution in [2.75, 3.05) is 0 Å². The van der Waals surface area contributed by atoms with Gasteiger partial charge in [-0.3, -0.25) is 9.59 Å². The van der Waals surface area contributed by atoms with Gasteiger partial charge in [0.2, 0.25) is 0 Å². The summed E-state index contributed by atoms with van der Waals surface area (Å²) in [6, 6.07) is 8.78. The van der Waals surface area contributed by atoms with Crippen LogP contribution in [-0.2, 0) is 9.59 Å². The Morgan fingerprint density at radius 3 is 2.40 bits per heavy atom. The number of carboxylic acids is 1. The second kappa shape index (κ2) is 5.64. The van der Waals surface area contributed by atoms with E-state index in [1.165, 1.54) is 0 Å². The van der Waals surface area contributed by atoms with Gasteiger partial charge in [0.15, 0.2) is 0 Å². The lowest BCUT2D eigenvalue weighted by molar-refractivity contribution is -0.138. The molecule has 1 amide bonds. The summed E-state index contributed by atoms with van der Waals surface area (Å²) >= 11 is 0. The average Bonchev–Trinajstić information content (AvgIpc) is 2.25. The molecule has 0 atom stereocenters. The molecule has 0 fully saturated rings. The van der Waals surface area contributed by atoms with Gasteiger partial charge in [-0.1, -0.05) is 18.2 Å². The minimum Gasteiger partial charge on any atom is -0.481 e. The molecule has 1 aromatic rings. The van der Waals surface area contributed by atoms with Crippen molar-refractivity contribution in [1.82, 2.24) is 0 Å². The van der Waals surface area contributed by atoms with E-state index in [2.05, 4.69) is 10.2 Å². The fourth-order valence-corrected chi connectivity index (χ4v) is 0.872. The van der Waals surface area contributed by atoms with Crippen LogP contribution in [0.4, 0.5) is 5.69 Å². The first kappa shape index (κ1) is 11.0. The molecular weight excluding hydrogens is 196 g/mol. The summed E-state index contributed by atoms with van der Waals surface area (Å²) < 4.78 is 0. The molecule has 0 unspecified atom stereocenters. The molecule has 0 saturated carbocycles. The third-order valence-corrected chi connectivity index (χ3v) is 1.59. The van der Waals surface area contributed by atoms with Crippen molar-refractivity contribution in [1.29, 1.82) is 0 Å². The van der Waals surface area contributed by atoms with Crippen LogP contribution in [0, 0.1) is 0 Å². The molecule has 1 rings (SSSR count). The van der Waals surface area contributed by atoms with E-state index in [1.807, 2.05) is 6.07 Å². The zero-order chi connectivity index (χ0) is 11.1. The number of benzene rings is 1. The largest absolute Gasteiger partial charge is 0.481 e. The van der Waals surface area contributed by atoms with E-state index < -0.39 is 11.9 Å². The molecule has 78 valence electrons. The number of aliphatic carboxylic acids is 1. The second-order valence-corrected chi connectivity index (χ2v) is 2.82. The van der Waals surface area contributed by atoms with Gasteiger partial charge in [0, 0.05) is 6.42 Å². The van der Waals surface area contributed by atoms with Crippen molar-refractivity contribution in [3.63, 3.8) is 0 Å². The monoisotopic (exact) mass is 206 g/mol. The quantitative estimate of drug-likeness (QED) is 0.766. The molecule has 0 heterocycles. The highest BCUT2D eigenvalue weighted by molar-refractivity contribution is 5.80. The maximum Gasteiger partial charge on any atom is 0.303 e. The van der Waals surface area contributed by atoms with Crippen molar-refractivity contribution < 1.29 is 14.7 Å². The normalized spacial score (nSPS) is 10.4. The van der Waals surface area contributed by atoms with Gasteiger partial charge < -0.3 is 5.11 Å². The lowest BCUT2D eigenvalue weighted by Gasteiger charge is -1.90. The van der Waals surface area contributed by atoms with Crippen molar-refractivity contribution in [3.8, 4) is 0 Å². The topological polar surface area (TPSA) is 79.1 Å². The Hall–Kier alpha value is -2.04. The predicted octanol–water partition coefficient (Wildman–Crippen LogP) is 2.16. The molecule has 0 spiro atoms. The smallest absolute Gasteiger partial charge is 0.303 e. The summed E-state index contributed by atoms with van der Waals surface area (Å²) in [5.74, 6) is -1.54. The lowest BCUT2D eigenvalue weighted by Crippen LogP contribution is -1.99. The first-order valence-corrected chi connectivity index (χ1v) is 4.40. The number of amides is 1. The summed E-state index contributed by atoms with van der Waals surface area (Å²) in [5, 5.41) is 15.4. The maximum absolute atomic E-state index is 11.0. The molecular formula is C10H10N2O3. The number of hydrogen-bond donors (Lipinski definition) is 1. The van der Waals surface area contributed by atoms with E-state index in [0.717, 1.165) is 0 Å².